The fourth-order valence-corrected chi connectivity index (χ4v) is 3.74. The average molecular weight is 412 g/mol. The first-order valence-corrected chi connectivity index (χ1v) is 10.3. The van der Waals surface area contributed by atoms with Gasteiger partial charge in [0.05, 0.1) is 16.6 Å². The minimum Gasteiger partial charge on any atom is -0.444 e. The Labute approximate surface area is 174 Å². The van der Waals surface area contributed by atoms with Gasteiger partial charge in [0.15, 0.2) is 0 Å². The molecule has 0 saturated heterocycles. The van der Waals surface area contributed by atoms with E-state index in [4.69, 9.17) is 4.74 Å². The van der Waals surface area contributed by atoms with Gasteiger partial charge in [0, 0.05) is 13.1 Å². The van der Waals surface area contributed by atoms with Gasteiger partial charge in [-0.2, -0.15) is 0 Å². The first-order valence-electron chi connectivity index (χ1n) is 9.48. The Hall–Kier alpha value is -2.93. The van der Waals surface area contributed by atoms with Gasteiger partial charge in [0.25, 0.3) is 0 Å². The van der Waals surface area contributed by atoms with Crippen molar-refractivity contribution in [2.45, 2.75) is 32.8 Å². The lowest BCUT2D eigenvalue weighted by Crippen LogP contribution is -2.38. The third-order valence-corrected chi connectivity index (χ3v) is 4.99. The van der Waals surface area contributed by atoms with Crippen LogP contribution in [0.3, 0.4) is 0 Å². The van der Waals surface area contributed by atoms with E-state index in [2.05, 4.69) is 33.8 Å². The van der Waals surface area contributed by atoms with Crippen LogP contribution in [0.4, 0.5) is 4.79 Å². The lowest BCUT2D eigenvalue weighted by Gasteiger charge is -2.19. The van der Waals surface area contributed by atoms with E-state index in [1.807, 2.05) is 30.3 Å². The summed E-state index contributed by atoms with van der Waals surface area (Å²) in [5, 5.41) is 6.17. The second kappa shape index (κ2) is 9.05. The quantitative estimate of drug-likeness (QED) is 0.597. The predicted octanol–water partition coefficient (Wildman–Crippen LogP) is 4.15. The Balaban J connectivity index is 1.51. The van der Waals surface area contributed by atoms with E-state index in [0.29, 0.717) is 13.1 Å². The highest BCUT2D eigenvalue weighted by Crippen LogP contribution is 2.28. The minimum absolute atomic E-state index is 0.127. The summed E-state index contributed by atoms with van der Waals surface area (Å²) in [6.07, 6.45) is -0.279. The van der Waals surface area contributed by atoms with E-state index in [9.17, 15) is 9.59 Å². The number of nitrogens with one attached hydrogen (secondary N) is 2. The number of amides is 2. The third kappa shape index (κ3) is 6.29. The number of rotatable bonds is 6. The highest BCUT2D eigenvalue weighted by molar-refractivity contribution is 7.18. The lowest BCUT2D eigenvalue weighted by molar-refractivity contribution is -0.120. The largest absolute Gasteiger partial charge is 0.444 e. The molecule has 1 heterocycles. The van der Waals surface area contributed by atoms with Crippen molar-refractivity contribution >= 4 is 33.6 Å². The van der Waals surface area contributed by atoms with E-state index in [-0.39, 0.29) is 12.3 Å². The Kier molecular flexibility index (Phi) is 6.49. The maximum atomic E-state index is 12.2. The average Bonchev–Trinajstić information content (AvgIpc) is 3.06. The second-order valence-corrected chi connectivity index (χ2v) is 8.73. The minimum atomic E-state index is -0.541. The highest BCUT2D eigenvalue weighted by Gasteiger charge is 2.15. The molecule has 0 atom stereocenters. The van der Waals surface area contributed by atoms with Crippen molar-refractivity contribution in [1.29, 1.82) is 0 Å². The Morgan fingerprint density at radius 3 is 2.45 bits per heavy atom. The van der Waals surface area contributed by atoms with Crippen LogP contribution in [0.15, 0.2) is 48.5 Å². The number of fused-ring (bicyclic) bond motifs is 1. The van der Waals surface area contributed by atoms with Gasteiger partial charge in [-0.05, 0) is 44.0 Å². The second-order valence-electron chi connectivity index (χ2n) is 7.61. The summed E-state index contributed by atoms with van der Waals surface area (Å²) >= 11 is 1.52. The number of aromatic nitrogens is 1. The van der Waals surface area contributed by atoms with E-state index in [0.717, 1.165) is 26.4 Å². The Morgan fingerprint density at radius 1 is 1.00 bits per heavy atom. The number of alkyl carbamates (subject to hydrolysis) is 1. The summed E-state index contributed by atoms with van der Waals surface area (Å²) in [7, 11) is 0. The summed E-state index contributed by atoms with van der Waals surface area (Å²) < 4.78 is 6.20. The molecule has 7 heteroatoms. The normalized spacial score (nSPS) is 11.3. The number of hydrogen-bond donors (Lipinski definition) is 2. The van der Waals surface area contributed by atoms with Gasteiger partial charge in [-0.25, -0.2) is 9.78 Å². The molecule has 0 aliphatic heterocycles. The maximum absolute atomic E-state index is 12.2. The molecular weight excluding hydrogens is 386 g/mol. The molecule has 0 unspecified atom stereocenters. The van der Waals surface area contributed by atoms with E-state index < -0.39 is 11.7 Å². The lowest BCUT2D eigenvalue weighted by atomic mass is 10.1. The Morgan fingerprint density at radius 2 is 1.72 bits per heavy atom. The maximum Gasteiger partial charge on any atom is 0.407 e. The zero-order valence-electron chi connectivity index (χ0n) is 16.8. The standard InChI is InChI=1S/C22H25N3O3S/c1-22(2,3)28-21(27)24-12-11-23-19(26)14-20-25-17-10-9-16(13-18(17)29-20)15-7-5-4-6-8-15/h4-10,13H,11-12,14H2,1-3H3,(H,23,26)(H,24,27). The summed E-state index contributed by atoms with van der Waals surface area (Å²) in [6, 6.07) is 16.3. The molecule has 0 aliphatic carbocycles. The number of carbonyl (C=O) groups excluding carboxylic acids is 2. The zero-order chi connectivity index (χ0) is 20.9. The SMILES string of the molecule is CC(C)(C)OC(=O)NCCNC(=O)Cc1nc2ccc(-c3ccccc3)cc2s1. The van der Waals surface area contributed by atoms with Crippen LogP contribution in [-0.2, 0) is 16.0 Å². The number of benzene rings is 2. The van der Waals surface area contributed by atoms with Crippen molar-refractivity contribution in [1.82, 2.24) is 15.6 Å². The number of ether oxygens (including phenoxy) is 1. The van der Waals surface area contributed by atoms with Crippen LogP contribution in [0, 0.1) is 0 Å². The van der Waals surface area contributed by atoms with E-state index >= 15 is 0 Å². The first-order chi connectivity index (χ1) is 13.8. The molecule has 3 rings (SSSR count). The molecule has 0 bridgehead atoms. The van der Waals surface area contributed by atoms with Crippen molar-refractivity contribution in [3.63, 3.8) is 0 Å². The van der Waals surface area contributed by atoms with Gasteiger partial charge in [-0.3, -0.25) is 4.79 Å². The van der Waals surface area contributed by atoms with Crippen LogP contribution >= 0.6 is 11.3 Å². The van der Waals surface area contributed by atoms with Crippen molar-refractivity contribution in [2.24, 2.45) is 0 Å². The van der Waals surface area contributed by atoms with Crippen LogP contribution in [-0.4, -0.2) is 35.7 Å². The third-order valence-electron chi connectivity index (χ3n) is 3.97. The van der Waals surface area contributed by atoms with Gasteiger partial charge in [0.1, 0.15) is 10.6 Å². The number of carbonyl (C=O) groups is 2. The molecule has 0 spiro atoms. The molecular formula is C22H25N3O3S. The highest BCUT2D eigenvalue weighted by atomic mass is 32.1. The fourth-order valence-electron chi connectivity index (χ4n) is 2.74. The van der Waals surface area contributed by atoms with Gasteiger partial charge in [-0.15, -0.1) is 11.3 Å². The molecule has 0 saturated carbocycles. The molecule has 0 fully saturated rings. The van der Waals surface area contributed by atoms with E-state index in [1.54, 1.807) is 20.8 Å². The van der Waals surface area contributed by atoms with Crippen molar-refractivity contribution in [3.8, 4) is 11.1 Å². The summed E-state index contributed by atoms with van der Waals surface area (Å²) in [4.78, 5) is 28.3. The molecule has 1 aromatic heterocycles. The Bertz CT molecular complexity index is 993. The number of thiazole rings is 1. The number of nitrogens with zero attached hydrogens (tertiary/aromatic N) is 1. The first kappa shape index (κ1) is 20.8. The van der Waals surface area contributed by atoms with Crippen LogP contribution in [0.2, 0.25) is 0 Å². The van der Waals surface area contributed by atoms with Crippen LogP contribution in [0.25, 0.3) is 21.3 Å². The van der Waals surface area contributed by atoms with Crippen molar-refractivity contribution in [3.05, 3.63) is 53.5 Å². The van der Waals surface area contributed by atoms with Gasteiger partial charge in [-0.1, -0.05) is 36.4 Å². The monoisotopic (exact) mass is 411 g/mol. The van der Waals surface area contributed by atoms with Crippen LogP contribution in [0.5, 0.6) is 0 Å². The zero-order valence-corrected chi connectivity index (χ0v) is 17.6. The predicted molar refractivity (Wildman–Crippen MR) is 116 cm³/mol. The van der Waals surface area contributed by atoms with Gasteiger partial charge < -0.3 is 15.4 Å². The summed E-state index contributed by atoms with van der Waals surface area (Å²) in [5.74, 6) is -0.127. The molecule has 2 N–H and O–H groups in total. The summed E-state index contributed by atoms with van der Waals surface area (Å²) in [5.41, 5.74) is 2.63. The van der Waals surface area contributed by atoms with Crippen molar-refractivity contribution in [2.75, 3.05) is 13.1 Å². The molecule has 0 radical (unpaired) electrons. The van der Waals surface area contributed by atoms with Gasteiger partial charge in [0.2, 0.25) is 5.91 Å². The summed E-state index contributed by atoms with van der Waals surface area (Å²) in [6.45, 7) is 6.04. The van der Waals surface area contributed by atoms with Crippen molar-refractivity contribution < 1.29 is 14.3 Å². The molecule has 3 aromatic rings. The van der Waals surface area contributed by atoms with Gasteiger partial charge >= 0.3 is 6.09 Å². The molecule has 2 amide bonds. The molecule has 2 aromatic carbocycles. The number of hydrogen-bond acceptors (Lipinski definition) is 5. The fraction of sp³-hybridized carbons (Fsp3) is 0.318. The molecule has 0 aliphatic rings. The van der Waals surface area contributed by atoms with E-state index in [1.165, 1.54) is 11.3 Å². The topological polar surface area (TPSA) is 80.3 Å². The molecule has 152 valence electrons. The molecule has 29 heavy (non-hydrogen) atoms. The van der Waals surface area contributed by atoms with Crippen LogP contribution < -0.4 is 10.6 Å². The smallest absolute Gasteiger partial charge is 0.407 e. The van der Waals surface area contributed by atoms with Crippen LogP contribution in [0.1, 0.15) is 25.8 Å². The molecule has 6 nitrogen and oxygen atoms in total.